The fourth-order valence-corrected chi connectivity index (χ4v) is 4.70. The van der Waals surface area contributed by atoms with Gasteiger partial charge in [-0.15, -0.1) is 0 Å². The lowest BCUT2D eigenvalue weighted by Crippen LogP contribution is -2.05. The van der Waals surface area contributed by atoms with Crippen molar-refractivity contribution in [3.8, 4) is 5.75 Å². The summed E-state index contributed by atoms with van der Waals surface area (Å²) < 4.78 is 32.8. The Bertz CT molecular complexity index is 1360. The van der Waals surface area contributed by atoms with Crippen molar-refractivity contribution in [3.63, 3.8) is 0 Å². The topological polar surface area (TPSA) is 90.6 Å². The monoisotopic (exact) mass is 435 g/mol. The van der Waals surface area contributed by atoms with Crippen LogP contribution in [-0.4, -0.2) is 35.7 Å². The number of aryl methyl sites for hydroxylation is 2. The molecule has 0 aliphatic carbocycles. The Hall–Kier alpha value is -3.52. The van der Waals surface area contributed by atoms with Gasteiger partial charge < -0.3 is 4.74 Å². The maximum Gasteiger partial charge on any atom is 0.233 e. The lowest BCUT2D eigenvalue weighted by Gasteiger charge is -2.09. The molecule has 0 atom stereocenters. The van der Waals surface area contributed by atoms with Crippen molar-refractivity contribution in [1.29, 1.82) is 0 Å². The molecule has 2 aromatic heterocycles. The first-order valence-corrected chi connectivity index (χ1v) is 11.2. The van der Waals surface area contributed by atoms with Gasteiger partial charge in [0.25, 0.3) is 0 Å². The van der Waals surface area contributed by atoms with Gasteiger partial charge in [-0.25, -0.2) is 18.4 Å². The van der Waals surface area contributed by atoms with E-state index in [1.54, 1.807) is 59.4 Å². The largest absolute Gasteiger partial charge is 0.497 e. The van der Waals surface area contributed by atoms with Gasteiger partial charge in [-0.05, 0) is 54.8 Å². The molecule has 4 aromatic rings. The molecule has 0 spiro atoms. The van der Waals surface area contributed by atoms with Crippen molar-refractivity contribution in [2.24, 2.45) is 0 Å². The maximum atomic E-state index is 13.0. The number of hydrogen-bond donors (Lipinski definition) is 0. The van der Waals surface area contributed by atoms with Crippen LogP contribution in [0.2, 0.25) is 0 Å². The van der Waals surface area contributed by atoms with Crippen LogP contribution in [0.4, 0.5) is 0 Å². The second kappa shape index (κ2) is 8.31. The lowest BCUT2D eigenvalue weighted by atomic mass is 10.0. The Kier molecular flexibility index (Phi) is 5.56. The van der Waals surface area contributed by atoms with Gasteiger partial charge in [-0.2, -0.15) is 0 Å². The highest BCUT2D eigenvalue weighted by Gasteiger charge is 2.19. The smallest absolute Gasteiger partial charge is 0.233 e. The summed E-state index contributed by atoms with van der Waals surface area (Å²) in [5.74, 6) is 1.00. The summed E-state index contributed by atoms with van der Waals surface area (Å²) in [6, 6.07) is 11.5. The predicted octanol–water partition coefficient (Wildman–Crippen LogP) is 3.69. The predicted molar refractivity (Wildman–Crippen MR) is 115 cm³/mol. The SMILES string of the molecule is COc1cc(C)cc(S(=O)(=O)c2ccc(CCC(=O)c3cnc4nccn4c3)cc2)c1. The summed E-state index contributed by atoms with van der Waals surface area (Å²) in [6.45, 7) is 1.82. The molecule has 0 amide bonds. The van der Waals surface area contributed by atoms with Crippen molar-refractivity contribution in [2.45, 2.75) is 29.6 Å². The minimum absolute atomic E-state index is 0.0355. The van der Waals surface area contributed by atoms with E-state index in [1.165, 1.54) is 19.4 Å². The van der Waals surface area contributed by atoms with Gasteiger partial charge in [0.2, 0.25) is 15.6 Å². The van der Waals surface area contributed by atoms with E-state index in [0.717, 1.165) is 11.1 Å². The van der Waals surface area contributed by atoms with Gasteiger partial charge >= 0.3 is 0 Å². The van der Waals surface area contributed by atoms with Crippen LogP contribution in [0.25, 0.3) is 5.78 Å². The summed E-state index contributed by atoms with van der Waals surface area (Å²) in [6.07, 6.45) is 7.39. The van der Waals surface area contributed by atoms with E-state index >= 15 is 0 Å². The second-order valence-electron chi connectivity index (χ2n) is 7.23. The molecule has 0 aliphatic rings. The summed E-state index contributed by atoms with van der Waals surface area (Å²) in [5.41, 5.74) is 2.19. The molecule has 7 nitrogen and oxygen atoms in total. The third-order valence-corrected chi connectivity index (χ3v) is 6.76. The standard InChI is InChI=1S/C23H21N3O4S/c1-16-11-19(30-2)13-21(12-16)31(28,29)20-6-3-17(4-7-20)5-8-22(27)18-14-25-23-24-9-10-26(23)15-18/h3-4,6-7,9-15H,5,8H2,1-2H3. The fourth-order valence-electron chi connectivity index (χ4n) is 3.32. The number of benzene rings is 2. The number of ketones is 1. The third kappa shape index (κ3) is 4.34. The molecule has 0 bridgehead atoms. The van der Waals surface area contributed by atoms with Gasteiger partial charge in [0.15, 0.2) is 5.78 Å². The normalized spacial score (nSPS) is 11.5. The number of rotatable bonds is 7. The number of sulfone groups is 1. The number of hydrogen-bond acceptors (Lipinski definition) is 6. The fraction of sp³-hybridized carbons (Fsp3) is 0.174. The minimum Gasteiger partial charge on any atom is -0.497 e. The maximum absolute atomic E-state index is 13.0. The molecular formula is C23H21N3O4S. The van der Waals surface area contributed by atoms with Gasteiger partial charge in [0.1, 0.15) is 5.75 Å². The molecule has 0 saturated carbocycles. The van der Waals surface area contributed by atoms with Crippen LogP contribution < -0.4 is 4.74 Å². The Labute approximate surface area is 180 Å². The second-order valence-corrected chi connectivity index (χ2v) is 9.18. The molecule has 2 heterocycles. The van der Waals surface area contributed by atoms with Crippen LogP contribution in [0.15, 0.2) is 77.0 Å². The highest BCUT2D eigenvalue weighted by atomic mass is 32.2. The number of fused-ring (bicyclic) bond motifs is 1. The van der Waals surface area contributed by atoms with E-state index in [2.05, 4.69) is 9.97 Å². The summed E-state index contributed by atoms with van der Waals surface area (Å²) >= 11 is 0. The van der Waals surface area contributed by atoms with Crippen LogP contribution in [0.5, 0.6) is 5.75 Å². The van der Waals surface area contributed by atoms with Crippen molar-refractivity contribution in [1.82, 2.24) is 14.4 Å². The first-order valence-electron chi connectivity index (χ1n) is 9.68. The molecule has 0 fully saturated rings. The molecule has 31 heavy (non-hydrogen) atoms. The highest BCUT2D eigenvalue weighted by Crippen LogP contribution is 2.26. The summed E-state index contributed by atoms with van der Waals surface area (Å²) in [4.78, 5) is 21.1. The van der Waals surface area contributed by atoms with Crippen molar-refractivity contribution >= 4 is 21.4 Å². The zero-order valence-corrected chi connectivity index (χ0v) is 18.0. The molecule has 0 radical (unpaired) electrons. The van der Waals surface area contributed by atoms with Crippen LogP contribution >= 0.6 is 0 Å². The number of ether oxygens (including phenoxy) is 1. The van der Waals surface area contributed by atoms with Gasteiger partial charge in [0.05, 0.1) is 22.5 Å². The molecular weight excluding hydrogens is 414 g/mol. The molecule has 4 rings (SSSR count). The van der Waals surface area contributed by atoms with Crippen LogP contribution in [-0.2, 0) is 16.3 Å². The zero-order chi connectivity index (χ0) is 22.0. The van der Waals surface area contributed by atoms with E-state index < -0.39 is 9.84 Å². The molecule has 0 N–H and O–H groups in total. The van der Waals surface area contributed by atoms with Gasteiger partial charge in [0, 0.05) is 31.2 Å². The van der Waals surface area contributed by atoms with E-state index in [4.69, 9.17) is 4.74 Å². The molecule has 2 aromatic carbocycles. The Morgan fingerprint density at radius 3 is 2.58 bits per heavy atom. The van der Waals surface area contributed by atoms with Crippen molar-refractivity contribution < 1.29 is 17.9 Å². The average molecular weight is 436 g/mol. The first-order chi connectivity index (χ1) is 14.9. The lowest BCUT2D eigenvalue weighted by molar-refractivity contribution is 0.0982. The Morgan fingerprint density at radius 1 is 1.06 bits per heavy atom. The third-order valence-electron chi connectivity index (χ3n) is 5.01. The number of nitrogens with zero attached hydrogens (tertiary/aromatic N) is 3. The quantitative estimate of drug-likeness (QED) is 0.411. The van der Waals surface area contributed by atoms with Gasteiger partial charge in [-0.3, -0.25) is 9.20 Å². The van der Waals surface area contributed by atoms with Crippen LogP contribution in [0, 0.1) is 6.92 Å². The van der Waals surface area contributed by atoms with Crippen LogP contribution in [0.1, 0.15) is 27.9 Å². The molecule has 0 aliphatic heterocycles. The van der Waals surface area contributed by atoms with Crippen molar-refractivity contribution in [2.75, 3.05) is 7.11 Å². The van der Waals surface area contributed by atoms with Crippen molar-refractivity contribution in [3.05, 3.63) is 83.9 Å². The van der Waals surface area contributed by atoms with E-state index in [0.29, 0.717) is 29.9 Å². The molecule has 0 saturated heterocycles. The average Bonchev–Trinajstić information content (AvgIpc) is 3.25. The van der Waals surface area contributed by atoms with E-state index in [-0.39, 0.29) is 15.6 Å². The van der Waals surface area contributed by atoms with E-state index in [9.17, 15) is 13.2 Å². The summed E-state index contributed by atoms with van der Waals surface area (Å²) in [7, 11) is -2.16. The highest BCUT2D eigenvalue weighted by molar-refractivity contribution is 7.91. The number of methoxy groups -OCH3 is 1. The number of Topliss-reactive ketones (excluding diaryl/α,β-unsaturated/α-hetero) is 1. The van der Waals surface area contributed by atoms with Gasteiger partial charge in [-0.1, -0.05) is 12.1 Å². The first kappa shape index (κ1) is 20.7. The number of carbonyl (C=O) groups is 1. The number of aromatic nitrogens is 3. The Morgan fingerprint density at radius 2 is 1.84 bits per heavy atom. The number of imidazole rings is 1. The molecule has 158 valence electrons. The molecule has 0 unspecified atom stereocenters. The minimum atomic E-state index is -3.66. The van der Waals surface area contributed by atoms with Crippen LogP contribution in [0.3, 0.4) is 0 Å². The zero-order valence-electron chi connectivity index (χ0n) is 17.1. The molecule has 8 heteroatoms. The van der Waals surface area contributed by atoms with E-state index in [1.807, 2.05) is 6.92 Å². The Balaban J connectivity index is 1.47. The number of carbonyl (C=O) groups excluding carboxylic acids is 1. The summed E-state index contributed by atoms with van der Waals surface area (Å²) in [5, 5.41) is 0.